The number of carbonyl (C=O) groups excluding carboxylic acids is 2. The van der Waals surface area contributed by atoms with Gasteiger partial charge in [-0.3, -0.25) is 9.59 Å². The number of carbonyl (C=O) groups is 2. The van der Waals surface area contributed by atoms with Crippen LogP contribution >= 0.6 is 15.9 Å². The molecule has 0 unspecified atom stereocenters. The van der Waals surface area contributed by atoms with Gasteiger partial charge in [0.2, 0.25) is 5.78 Å². The molecule has 1 fully saturated rings. The van der Waals surface area contributed by atoms with Crippen LogP contribution in [0, 0.1) is 0 Å². The van der Waals surface area contributed by atoms with Crippen molar-refractivity contribution >= 4 is 33.3 Å². The number of halogens is 1. The number of ether oxygens (including phenoxy) is 1. The van der Waals surface area contributed by atoms with E-state index in [9.17, 15) is 9.59 Å². The number of oxime groups is 1. The third-order valence-corrected chi connectivity index (χ3v) is 4.79. The number of nitrogens with zero attached hydrogens (tertiary/aromatic N) is 1. The minimum Gasteiger partial charge on any atom is -0.381 e. The molecule has 0 aromatic heterocycles. The molecule has 1 aromatic carbocycles. The molecular formula is C16H13BrN2O4. The predicted octanol–water partition coefficient (Wildman–Crippen LogP) is 1.45. The maximum Gasteiger partial charge on any atom is 0.269 e. The molecule has 6 nitrogen and oxygen atoms in total. The standard InChI is InChI=1S/C16H13BrN2O4/c17-10-6-16(14-13(22-14)12(10)20)7-11(19-23-16)15(21)18-8-9-4-2-1-3-5-9/h1-6,13-14H,7-8H2,(H,18,21)/t13-,14-,16+/m0/s1. The molecule has 1 aromatic rings. The molecule has 0 saturated carbocycles. The Kier molecular flexibility index (Phi) is 3.35. The van der Waals surface area contributed by atoms with Crippen molar-refractivity contribution in [3.63, 3.8) is 0 Å². The van der Waals surface area contributed by atoms with Crippen LogP contribution in [0.4, 0.5) is 0 Å². The number of ketones is 1. The maximum atomic E-state index is 12.2. The Balaban J connectivity index is 1.42. The van der Waals surface area contributed by atoms with Crippen molar-refractivity contribution in [3.05, 3.63) is 46.5 Å². The second-order valence-corrected chi connectivity index (χ2v) is 6.62. The van der Waals surface area contributed by atoms with Gasteiger partial charge in [-0.15, -0.1) is 0 Å². The zero-order chi connectivity index (χ0) is 16.0. The van der Waals surface area contributed by atoms with Crippen LogP contribution in [0.25, 0.3) is 0 Å². The summed E-state index contributed by atoms with van der Waals surface area (Å²) < 4.78 is 5.81. The third kappa shape index (κ3) is 2.49. The van der Waals surface area contributed by atoms with E-state index in [-0.39, 0.29) is 24.2 Å². The summed E-state index contributed by atoms with van der Waals surface area (Å²) in [5.41, 5.74) is 0.462. The first kappa shape index (κ1) is 14.6. The lowest BCUT2D eigenvalue weighted by atomic mass is 9.86. The molecule has 2 heterocycles. The highest BCUT2D eigenvalue weighted by atomic mass is 79.9. The molecule has 4 rings (SSSR count). The average Bonchev–Trinajstić information content (AvgIpc) is 3.28. The molecule has 1 spiro atoms. The summed E-state index contributed by atoms with van der Waals surface area (Å²) in [6, 6.07) is 9.62. The van der Waals surface area contributed by atoms with Crippen molar-refractivity contribution in [2.24, 2.45) is 5.16 Å². The summed E-state index contributed by atoms with van der Waals surface area (Å²) in [5, 5.41) is 6.73. The highest BCUT2D eigenvalue weighted by molar-refractivity contribution is 9.12. The molecule has 0 bridgehead atoms. The van der Waals surface area contributed by atoms with Crippen LogP contribution in [-0.4, -0.2) is 35.2 Å². The van der Waals surface area contributed by atoms with E-state index in [0.717, 1.165) is 5.56 Å². The SMILES string of the molecule is O=C(NCc1ccccc1)C1=NO[C@]2(C=C(Br)C(=O)[C@@H]3O[C@@H]32)C1. The van der Waals surface area contributed by atoms with Gasteiger partial charge < -0.3 is 14.9 Å². The Morgan fingerprint density at radius 2 is 2.17 bits per heavy atom. The van der Waals surface area contributed by atoms with Gasteiger partial charge in [0.25, 0.3) is 5.91 Å². The number of hydrogen-bond donors (Lipinski definition) is 1. The van der Waals surface area contributed by atoms with Crippen molar-refractivity contribution in [1.29, 1.82) is 0 Å². The van der Waals surface area contributed by atoms with E-state index in [1.165, 1.54) is 0 Å². The minimum atomic E-state index is -0.850. The number of rotatable bonds is 3. The van der Waals surface area contributed by atoms with Crippen LogP contribution in [0.3, 0.4) is 0 Å². The Morgan fingerprint density at radius 3 is 2.96 bits per heavy atom. The van der Waals surface area contributed by atoms with Crippen molar-refractivity contribution in [2.45, 2.75) is 30.8 Å². The Bertz CT molecular complexity index is 746. The average molecular weight is 377 g/mol. The summed E-state index contributed by atoms with van der Waals surface area (Å²) in [4.78, 5) is 29.5. The number of nitrogens with one attached hydrogen (secondary N) is 1. The smallest absolute Gasteiger partial charge is 0.269 e. The third-order valence-electron chi connectivity index (χ3n) is 4.17. The van der Waals surface area contributed by atoms with Gasteiger partial charge in [-0.25, -0.2) is 0 Å². The molecule has 1 saturated heterocycles. The van der Waals surface area contributed by atoms with E-state index >= 15 is 0 Å². The van der Waals surface area contributed by atoms with Crippen LogP contribution in [0.1, 0.15) is 12.0 Å². The molecule has 1 N–H and O–H groups in total. The monoisotopic (exact) mass is 376 g/mol. The van der Waals surface area contributed by atoms with Crippen LogP contribution < -0.4 is 5.32 Å². The van der Waals surface area contributed by atoms with Gasteiger partial charge in [0.15, 0.2) is 11.7 Å². The molecule has 118 valence electrons. The molecule has 3 atom stereocenters. The van der Waals surface area contributed by atoms with Crippen molar-refractivity contribution < 1.29 is 19.2 Å². The van der Waals surface area contributed by atoms with Gasteiger partial charge >= 0.3 is 0 Å². The second kappa shape index (κ2) is 5.28. The first-order valence-corrected chi connectivity index (χ1v) is 8.03. The first-order chi connectivity index (χ1) is 11.1. The number of hydrogen-bond acceptors (Lipinski definition) is 5. The van der Waals surface area contributed by atoms with Crippen molar-refractivity contribution in [3.8, 4) is 0 Å². The van der Waals surface area contributed by atoms with E-state index < -0.39 is 11.7 Å². The zero-order valence-corrected chi connectivity index (χ0v) is 13.6. The van der Waals surface area contributed by atoms with Crippen molar-refractivity contribution in [2.75, 3.05) is 0 Å². The Labute approximate surface area is 140 Å². The fraction of sp³-hybridized carbons (Fsp3) is 0.312. The molecule has 23 heavy (non-hydrogen) atoms. The summed E-state index contributed by atoms with van der Waals surface area (Å²) in [6.07, 6.45) is 1.09. The van der Waals surface area contributed by atoms with E-state index in [4.69, 9.17) is 9.57 Å². The molecule has 7 heteroatoms. The van der Waals surface area contributed by atoms with Gasteiger partial charge in [-0.05, 0) is 27.6 Å². The van der Waals surface area contributed by atoms with E-state index in [1.807, 2.05) is 30.3 Å². The lowest BCUT2D eigenvalue weighted by Gasteiger charge is -2.23. The highest BCUT2D eigenvalue weighted by Gasteiger charge is 2.65. The van der Waals surface area contributed by atoms with Gasteiger partial charge in [0.05, 0.1) is 4.48 Å². The van der Waals surface area contributed by atoms with Gasteiger partial charge in [0, 0.05) is 13.0 Å². The van der Waals surface area contributed by atoms with Crippen LogP contribution in [0.15, 0.2) is 46.0 Å². The Hall–Kier alpha value is -1.99. The molecular weight excluding hydrogens is 364 g/mol. The predicted molar refractivity (Wildman–Crippen MR) is 84.8 cm³/mol. The quantitative estimate of drug-likeness (QED) is 0.809. The number of fused-ring (bicyclic) bond motifs is 2. The molecule has 1 amide bonds. The fourth-order valence-electron chi connectivity index (χ4n) is 2.89. The van der Waals surface area contributed by atoms with E-state index in [1.54, 1.807) is 6.08 Å². The minimum absolute atomic E-state index is 0.0915. The number of amides is 1. The van der Waals surface area contributed by atoms with Crippen molar-refractivity contribution in [1.82, 2.24) is 5.32 Å². The van der Waals surface area contributed by atoms with E-state index in [0.29, 0.717) is 16.7 Å². The lowest BCUT2D eigenvalue weighted by Crippen LogP contribution is -2.41. The first-order valence-electron chi connectivity index (χ1n) is 7.24. The summed E-state index contributed by atoms with van der Waals surface area (Å²) in [5.74, 6) is -0.365. The van der Waals surface area contributed by atoms with Gasteiger partial charge in [0.1, 0.15) is 11.8 Å². The van der Waals surface area contributed by atoms with Gasteiger partial charge in [-0.2, -0.15) is 0 Å². The summed E-state index contributed by atoms with van der Waals surface area (Å²) >= 11 is 3.22. The van der Waals surface area contributed by atoms with Crippen LogP contribution in [0.5, 0.6) is 0 Å². The van der Waals surface area contributed by atoms with E-state index in [2.05, 4.69) is 26.4 Å². The second-order valence-electron chi connectivity index (χ2n) is 5.76. The largest absolute Gasteiger partial charge is 0.381 e. The molecule has 0 radical (unpaired) electrons. The van der Waals surface area contributed by atoms with Crippen LogP contribution in [-0.2, 0) is 25.7 Å². The summed E-state index contributed by atoms with van der Waals surface area (Å²) in [7, 11) is 0. The number of benzene rings is 1. The zero-order valence-electron chi connectivity index (χ0n) is 12.0. The normalized spacial score (nSPS) is 31.1. The maximum absolute atomic E-state index is 12.2. The highest BCUT2D eigenvalue weighted by Crippen LogP contribution is 2.47. The molecule has 1 aliphatic carbocycles. The Morgan fingerprint density at radius 1 is 1.39 bits per heavy atom. The molecule has 3 aliphatic rings. The van der Waals surface area contributed by atoms with Gasteiger partial charge in [-0.1, -0.05) is 35.5 Å². The fourth-order valence-corrected chi connectivity index (χ4v) is 3.50. The number of epoxide rings is 1. The summed E-state index contributed by atoms with van der Waals surface area (Å²) in [6.45, 7) is 0.423. The lowest BCUT2D eigenvalue weighted by molar-refractivity contribution is -0.116. The van der Waals surface area contributed by atoms with Crippen LogP contribution in [0.2, 0.25) is 0 Å². The topological polar surface area (TPSA) is 80.3 Å². The molecule has 2 aliphatic heterocycles. The number of Topliss-reactive ketones (excluding diaryl/α,β-unsaturated/α-hetero) is 1.